The Hall–Kier alpha value is -4.87. The first-order valence-corrected chi connectivity index (χ1v) is 25.1. The van der Waals surface area contributed by atoms with Crippen LogP contribution in [0.1, 0.15) is 168 Å². The molecule has 0 spiro atoms. The molecule has 6 N–H and O–H groups in total. The molecule has 0 radical (unpaired) electrons. The number of unbranched alkanes of at least 4 members (excludes halogenated alkanes) is 12. The van der Waals surface area contributed by atoms with Gasteiger partial charge in [0.05, 0.1) is 0 Å². The van der Waals surface area contributed by atoms with E-state index in [9.17, 15) is 19.2 Å². The lowest BCUT2D eigenvalue weighted by atomic mass is 9.91. The van der Waals surface area contributed by atoms with Crippen LogP contribution in [0, 0.1) is 11.8 Å². The molecule has 364 valence electrons. The summed E-state index contributed by atoms with van der Waals surface area (Å²) in [5, 5.41) is 7.72. The summed E-state index contributed by atoms with van der Waals surface area (Å²) in [5.41, 5.74) is 12.5. The molecule has 0 unspecified atom stereocenters. The summed E-state index contributed by atoms with van der Waals surface area (Å²) in [6, 6.07) is 20.7. The number of esters is 1. The van der Waals surface area contributed by atoms with Crippen molar-refractivity contribution in [3.8, 4) is 0 Å². The first-order valence-electron chi connectivity index (χ1n) is 25.1. The van der Waals surface area contributed by atoms with Gasteiger partial charge in [-0.3, -0.25) is 24.1 Å². The second-order valence-electron chi connectivity index (χ2n) is 18.8. The van der Waals surface area contributed by atoms with Gasteiger partial charge in [-0.05, 0) is 104 Å². The van der Waals surface area contributed by atoms with Crippen molar-refractivity contribution < 1.29 is 28.7 Å². The third kappa shape index (κ3) is 19.5. The lowest BCUT2D eigenvalue weighted by Gasteiger charge is -2.41. The minimum absolute atomic E-state index is 0.00301. The molecular formula is C55H83N5O6. The maximum Gasteiger partial charge on any atom is 0.329 e. The maximum atomic E-state index is 15.1. The number of hydrogen-bond donors (Lipinski definition) is 4. The molecule has 4 amide bonds. The highest BCUT2D eigenvalue weighted by atomic mass is 16.5. The van der Waals surface area contributed by atoms with Gasteiger partial charge in [-0.15, -0.1) is 0 Å². The van der Waals surface area contributed by atoms with Gasteiger partial charge in [-0.25, -0.2) is 4.79 Å². The second-order valence-corrected chi connectivity index (χ2v) is 18.8. The van der Waals surface area contributed by atoms with Gasteiger partial charge >= 0.3 is 5.97 Å². The summed E-state index contributed by atoms with van der Waals surface area (Å²) in [6.45, 7) is 9.86. The smallest absolute Gasteiger partial charge is 0.329 e. The number of imide groups is 1. The zero-order valence-corrected chi connectivity index (χ0v) is 41.0. The molecule has 0 aromatic heterocycles. The van der Waals surface area contributed by atoms with Gasteiger partial charge < -0.3 is 26.8 Å². The molecule has 0 fully saturated rings. The van der Waals surface area contributed by atoms with E-state index in [0.29, 0.717) is 25.8 Å². The molecule has 3 atom stereocenters. The van der Waals surface area contributed by atoms with E-state index in [1.165, 1.54) is 38.5 Å². The fourth-order valence-electron chi connectivity index (χ4n) is 8.43. The Labute approximate surface area is 396 Å². The quantitative estimate of drug-likeness (QED) is 0.0202. The SMILES string of the molecule is CCCCCCCC/C=C\CCCCCCCC(=O)N[C@@H](CCCCN)C(=O)N(C(=O)CCc1cccc2ccccc12)[C@@](N)(CC(C)C)C(=O)N[C@H](C(=O)OCc1ccccc1)C(C)C. The predicted octanol–water partition coefficient (Wildman–Crippen LogP) is 10.4. The Morgan fingerprint density at radius 3 is 1.98 bits per heavy atom. The average molecular weight is 910 g/mol. The van der Waals surface area contributed by atoms with Crippen LogP contribution >= 0.6 is 0 Å². The van der Waals surface area contributed by atoms with Crippen LogP contribution in [0.4, 0.5) is 0 Å². The van der Waals surface area contributed by atoms with Gasteiger partial charge in [0, 0.05) is 12.8 Å². The number of ether oxygens (including phenoxy) is 1. The molecule has 3 rings (SSSR count). The number of nitrogens with two attached hydrogens (primary N) is 2. The first-order chi connectivity index (χ1) is 31.8. The second kappa shape index (κ2) is 31.2. The molecule has 0 bridgehead atoms. The van der Waals surface area contributed by atoms with E-state index >= 15 is 4.79 Å². The molecular weight excluding hydrogens is 827 g/mol. The number of amides is 4. The Balaban J connectivity index is 1.81. The number of allylic oxidation sites excluding steroid dienone is 2. The molecule has 3 aromatic rings. The Bertz CT molecular complexity index is 1930. The van der Waals surface area contributed by atoms with E-state index in [1.54, 1.807) is 13.8 Å². The van der Waals surface area contributed by atoms with Crippen LogP contribution in [-0.4, -0.2) is 58.8 Å². The number of carbonyl (C=O) groups is 5. The summed E-state index contributed by atoms with van der Waals surface area (Å²) in [6.07, 6.45) is 20.9. The molecule has 11 nitrogen and oxygen atoms in total. The molecule has 0 aliphatic carbocycles. The fraction of sp³-hybridized carbons (Fsp3) is 0.582. The molecule has 0 saturated carbocycles. The van der Waals surface area contributed by atoms with Gasteiger partial charge in [0.2, 0.25) is 11.8 Å². The number of aryl methyl sites for hydroxylation is 1. The monoisotopic (exact) mass is 910 g/mol. The van der Waals surface area contributed by atoms with Gasteiger partial charge in [-0.2, -0.15) is 0 Å². The minimum atomic E-state index is -2.23. The van der Waals surface area contributed by atoms with Crippen LogP contribution in [0.2, 0.25) is 0 Å². The van der Waals surface area contributed by atoms with Crippen molar-refractivity contribution in [2.24, 2.45) is 23.3 Å². The van der Waals surface area contributed by atoms with Crippen LogP contribution in [0.25, 0.3) is 10.8 Å². The summed E-state index contributed by atoms with van der Waals surface area (Å²) >= 11 is 0. The Morgan fingerprint density at radius 1 is 0.712 bits per heavy atom. The number of rotatable bonds is 33. The van der Waals surface area contributed by atoms with Gasteiger partial charge in [-0.1, -0.05) is 171 Å². The number of carbonyl (C=O) groups excluding carboxylic acids is 5. The van der Waals surface area contributed by atoms with Crippen molar-refractivity contribution in [2.45, 2.75) is 187 Å². The molecule has 3 aromatic carbocycles. The van der Waals surface area contributed by atoms with Crippen molar-refractivity contribution in [1.29, 1.82) is 0 Å². The van der Waals surface area contributed by atoms with E-state index in [2.05, 4.69) is 29.7 Å². The molecule has 66 heavy (non-hydrogen) atoms. The standard InChI is InChI=1S/C55H83N5O6/c1-6-7-8-9-10-11-12-13-14-15-16-17-18-19-23-36-49(61)58-48(35-26-27-39-56)52(63)60(50(62)38-37-46-33-28-32-45-31-24-25-34-47(45)46)55(57,40-42(2)3)54(65)59-51(43(4)5)53(64)66-41-44-29-21-20-22-30-44/h13-14,20-22,24-25,28-34,42-43,48,51H,6-12,15-19,23,26-27,35-41,56-57H2,1-5H3,(H,58,61)(H,59,65)/b14-13-/t48-,51-,55-/m0/s1. The van der Waals surface area contributed by atoms with Crippen LogP contribution in [0.15, 0.2) is 84.9 Å². The largest absolute Gasteiger partial charge is 0.459 e. The molecule has 0 aliphatic rings. The average Bonchev–Trinajstić information content (AvgIpc) is 3.30. The third-order valence-corrected chi connectivity index (χ3v) is 12.1. The van der Waals surface area contributed by atoms with Crippen molar-refractivity contribution in [3.05, 3.63) is 96.1 Å². The normalized spacial score (nSPS) is 13.4. The highest BCUT2D eigenvalue weighted by Crippen LogP contribution is 2.27. The fourth-order valence-corrected chi connectivity index (χ4v) is 8.43. The zero-order valence-electron chi connectivity index (χ0n) is 41.0. The van der Waals surface area contributed by atoms with E-state index < -0.39 is 47.4 Å². The van der Waals surface area contributed by atoms with Crippen molar-refractivity contribution in [1.82, 2.24) is 15.5 Å². The lowest BCUT2D eigenvalue weighted by molar-refractivity contribution is -0.163. The Kier molecular flexibility index (Phi) is 26.2. The summed E-state index contributed by atoms with van der Waals surface area (Å²) in [4.78, 5) is 72.8. The maximum absolute atomic E-state index is 15.1. The van der Waals surface area contributed by atoms with Crippen molar-refractivity contribution in [2.75, 3.05) is 6.54 Å². The number of hydrogen-bond acceptors (Lipinski definition) is 8. The van der Waals surface area contributed by atoms with E-state index in [-0.39, 0.29) is 50.5 Å². The van der Waals surface area contributed by atoms with Crippen LogP contribution in [0.5, 0.6) is 0 Å². The van der Waals surface area contributed by atoms with Crippen LogP contribution in [0.3, 0.4) is 0 Å². The van der Waals surface area contributed by atoms with E-state index in [0.717, 1.165) is 65.3 Å². The summed E-state index contributed by atoms with van der Waals surface area (Å²) in [7, 11) is 0. The molecule has 0 aliphatic heterocycles. The number of nitrogens with one attached hydrogen (secondary N) is 2. The van der Waals surface area contributed by atoms with Crippen LogP contribution < -0.4 is 22.1 Å². The van der Waals surface area contributed by atoms with Crippen LogP contribution in [-0.2, 0) is 41.7 Å². The molecule has 0 heterocycles. The number of benzene rings is 3. The number of nitrogens with zero attached hydrogens (tertiary/aromatic N) is 1. The highest BCUT2D eigenvalue weighted by Gasteiger charge is 2.49. The Morgan fingerprint density at radius 2 is 1.33 bits per heavy atom. The van der Waals surface area contributed by atoms with E-state index in [4.69, 9.17) is 16.2 Å². The summed E-state index contributed by atoms with van der Waals surface area (Å²) in [5.74, 6) is -3.95. The van der Waals surface area contributed by atoms with Crippen molar-refractivity contribution in [3.63, 3.8) is 0 Å². The van der Waals surface area contributed by atoms with Crippen molar-refractivity contribution >= 4 is 40.4 Å². The zero-order chi connectivity index (χ0) is 48.2. The van der Waals surface area contributed by atoms with Gasteiger partial charge in [0.15, 0.2) is 5.66 Å². The summed E-state index contributed by atoms with van der Waals surface area (Å²) < 4.78 is 5.65. The highest BCUT2D eigenvalue weighted by molar-refractivity contribution is 6.05. The first kappa shape index (κ1) is 55.5. The lowest BCUT2D eigenvalue weighted by Crippen LogP contribution is -2.72. The molecule has 11 heteroatoms. The number of fused-ring (bicyclic) bond motifs is 1. The van der Waals surface area contributed by atoms with Gasteiger partial charge in [0.1, 0.15) is 18.7 Å². The van der Waals surface area contributed by atoms with E-state index in [1.807, 2.05) is 86.6 Å². The predicted molar refractivity (Wildman–Crippen MR) is 268 cm³/mol. The third-order valence-electron chi connectivity index (χ3n) is 12.1. The van der Waals surface area contributed by atoms with Gasteiger partial charge in [0.25, 0.3) is 11.8 Å². The minimum Gasteiger partial charge on any atom is -0.459 e. The molecule has 0 saturated heterocycles. The topological polar surface area (TPSA) is 174 Å².